The number of rotatable bonds is 2. The first-order valence-corrected chi connectivity index (χ1v) is 6.61. The van der Waals surface area contributed by atoms with Gasteiger partial charge in [0, 0.05) is 10.9 Å². The summed E-state index contributed by atoms with van der Waals surface area (Å²) in [5.41, 5.74) is 5.91. The van der Waals surface area contributed by atoms with Gasteiger partial charge in [-0.15, -0.1) is 0 Å². The molecular formula is C15H10ClFN2O3. The van der Waals surface area contributed by atoms with Crippen LogP contribution in [0.3, 0.4) is 0 Å². The molecule has 0 saturated heterocycles. The predicted octanol–water partition coefficient (Wildman–Crippen LogP) is 3.66. The summed E-state index contributed by atoms with van der Waals surface area (Å²) in [4.78, 5) is 15.6. The third-order valence-electron chi connectivity index (χ3n) is 3.22. The van der Waals surface area contributed by atoms with E-state index in [1.807, 2.05) is 0 Å². The van der Waals surface area contributed by atoms with Crippen LogP contribution in [0.2, 0.25) is 5.02 Å². The molecule has 0 aliphatic rings. The van der Waals surface area contributed by atoms with Crippen LogP contribution in [0, 0.1) is 5.82 Å². The van der Waals surface area contributed by atoms with Crippen molar-refractivity contribution in [2.45, 2.75) is 0 Å². The van der Waals surface area contributed by atoms with Crippen molar-refractivity contribution in [2.75, 3.05) is 12.8 Å². The van der Waals surface area contributed by atoms with Crippen LogP contribution >= 0.6 is 11.6 Å². The minimum atomic E-state index is -0.802. The summed E-state index contributed by atoms with van der Waals surface area (Å²) < 4.78 is 24.2. The lowest BCUT2D eigenvalue weighted by Crippen LogP contribution is -2.10. The Balaban J connectivity index is 2.25. The number of carbonyl (C=O) groups excluding carboxylic acids is 1. The highest BCUT2D eigenvalue weighted by Crippen LogP contribution is 2.33. The summed E-state index contributed by atoms with van der Waals surface area (Å²) in [6, 6.07) is 6.78. The number of nitrogens with zero attached hydrogens (tertiary/aromatic N) is 1. The molecule has 0 spiro atoms. The van der Waals surface area contributed by atoms with Crippen molar-refractivity contribution in [3.8, 4) is 11.3 Å². The van der Waals surface area contributed by atoms with E-state index in [4.69, 9.17) is 21.8 Å². The fourth-order valence-electron chi connectivity index (χ4n) is 2.09. The van der Waals surface area contributed by atoms with Crippen molar-refractivity contribution in [1.29, 1.82) is 0 Å². The number of aromatic nitrogens is 1. The summed E-state index contributed by atoms with van der Waals surface area (Å²) in [6.45, 7) is 0. The number of furan rings is 1. The van der Waals surface area contributed by atoms with Gasteiger partial charge in [-0.3, -0.25) is 0 Å². The van der Waals surface area contributed by atoms with E-state index < -0.39 is 11.8 Å². The van der Waals surface area contributed by atoms with Gasteiger partial charge in [0.25, 0.3) is 0 Å². The van der Waals surface area contributed by atoms with E-state index in [0.29, 0.717) is 11.1 Å². The lowest BCUT2D eigenvalue weighted by atomic mass is 10.1. The number of benzene rings is 1. The Labute approximate surface area is 129 Å². The molecule has 7 heteroatoms. The molecule has 112 valence electrons. The molecule has 2 heterocycles. The number of nitrogens with two attached hydrogens (primary N) is 1. The van der Waals surface area contributed by atoms with Gasteiger partial charge < -0.3 is 14.9 Å². The molecule has 0 bridgehead atoms. The molecule has 5 nitrogen and oxygen atoms in total. The van der Waals surface area contributed by atoms with E-state index in [1.54, 1.807) is 24.3 Å². The molecule has 2 aromatic heterocycles. The summed E-state index contributed by atoms with van der Waals surface area (Å²) >= 11 is 5.86. The molecule has 3 aromatic rings. The Hall–Kier alpha value is -2.60. The third-order valence-corrected chi connectivity index (χ3v) is 3.60. The topological polar surface area (TPSA) is 78.3 Å². The second kappa shape index (κ2) is 5.31. The lowest BCUT2D eigenvalue weighted by molar-refractivity contribution is 0.0594. The molecule has 2 N–H and O–H groups in total. The van der Waals surface area contributed by atoms with Crippen LogP contribution in [0.4, 0.5) is 10.1 Å². The number of esters is 1. The van der Waals surface area contributed by atoms with Gasteiger partial charge in [-0.2, -0.15) is 0 Å². The first-order valence-electron chi connectivity index (χ1n) is 6.23. The minimum absolute atomic E-state index is 0.0967. The molecule has 0 aliphatic carbocycles. The highest BCUT2D eigenvalue weighted by atomic mass is 35.5. The molecule has 0 radical (unpaired) electrons. The number of carbonyl (C=O) groups is 1. The average molecular weight is 321 g/mol. The molecule has 0 saturated carbocycles. The van der Waals surface area contributed by atoms with Gasteiger partial charge in [0.15, 0.2) is 11.5 Å². The van der Waals surface area contributed by atoms with Crippen molar-refractivity contribution in [3.63, 3.8) is 0 Å². The Bertz CT molecular complexity index is 892. The number of hydrogen-bond donors (Lipinski definition) is 1. The van der Waals surface area contributed by atoms with Crippen molar-refractivity contribution in [3.05, 3.63) is 47.1 Å². The second-order valence-electron chi connectivity index (χ2n) is 4.52. The monoisotopic (exact) mass is 320 g/mol. The Kier molecular flexibility index (Phi) is 3.46. The molecule has 0 amide bonds. The molecule has 0 aliphatic heterocycles. The van der Waals surface area contributed by atoms with Gasteiger partial charge in [-0.25, -0.2) is 14.2 Å². The standard InChI is InChI=1S/C15H10ClFN2O3/c1-21-15(20)14-10(16)12(18)11(17)13(19-14)8-3-2-7-4-5-22-9(7)6-8/h2-6H,1H3,(H2,18,19). The molecular weight excluding hydrogens is 311 g/mol. The maximum atomic E-state index is 14.4. The largest absolute Gasteiger partial charge is 0.464 e. The van der Waals surface area contributed by atoms with Gasteiger partial charge in [0.1, 0.15) is 11.3 Å². The van der Waals surface area contributed by atoms with E-state index in [1.165, 1.54) is 13.4 Å². The van der Waals surface area contributed by atoms with Crippen LogP contribution in [0.15, 0.2) is 34.9 Å². The van der Waals surface area contributed by atoms with Crippen molar-refractivity contribution in [1.82, 2.24) is 4.98 Å². The molecule has 0 unspecified atom stereocenters. The van der Waals surface area contributed by atoms with E-state index in [0.717, 1.165) is 5.39 Å². The highest BCUT2D eigenvalue weighted by molar-refractivity contribution is 6.35. The number of nitrogen functional groups attached to an aromatic ring is 1. The van der Waals surface area contributed by atoms with Crippen LogP contribution in [-0.4, -0.2) is 18.1 Å². The predicted molar refractivity (Wildman–Crippen MR) is 80.2 cm³/mol. The van der Waals surface area contributed by atoms with E-state index in [-0.39, 0.29) is 22.1 Å². The zero-order valence-corrected chi connectivity index (χ0v) is 12.1. The normalized spacial score (nSPS) is 10.9. The van der Waals surface area contributed by atoms with Crippen molar-refractivity contribution < 1.29 is 18.3 Å². The van der Waals surface area contributed by atoms with Gasteiger partial charge in [-0.05, 0) is 12.1 Å². The number of pyridine rings is 1. The van der Waals surface area contributed by atoms with Gasteiger partial charge in [0.2, 0.25) is 0 Å². The van der Waals surface area contributed by atoms with Crippen LogP contribution < -0.4 is 5.73 Å². The maximum absolute atomic E-state index is 14.4. The quantitative estimate of drug-likeness (QED) is 0.729. The fraction of sp³-hybridized carbons (Fsp3) is 0.0667. The van der Waals surface area contributed by atoms with Crippen molar-refractivity contribution in [2.24, 2.45) is 0 Å². The van der Waals surface area contributed by atoms with Crippen LogP contribution in [-0.2, 0) is 4.74 Å². The van der Waals surface area contributed by atoms with E-state index in [2.05, 4.69) is 9.72 Å². The average Bonchev–Trinajstić information content (AvgIpc) is 2.99. The van der Waals surface area contributed by atoms with Crippen molar-refractivity contribution >= 4 is 34.2 Å². The zero-order chi connectivity index (χ0) is 15.9. The molecule has 1 aromatic carbocycles. The smallest absolute Gasteiger partial charge is 0.358 e. The summed E-state index contributed by atoms with van der Waals surface area (Å²) in [6.07, 6.45) is 1.52. The lowest BCUT2D eigenvalue weighted by Gasteiger charge is -2.10. The summed E-state index contributed by atoms with van der Waals surface area (Å²) in [7, 11) is 1.18. The molecule has 3 rings (SSSR count). The van der Waals surface area contributed by atoms with E-state index >= 15 is 0 Å². The number of anilines is 1. The Morgan fingerprint density at radius 2 is 2.18 bits per heavy atom. The Morgan fingerprint density at radius 1 is 1.41 bits per heavy atom. The van der Waals surface area contributed by atoms with Gasteiger partial charge in [-0.1, -0.05) is 23.7 Å². The van der Waals surface area contributed by atoms with Gasteiger partial charge in [0.05, 0.1) is 24.1 Å². The molecule has 0 atom stereocenters. The van der Waals surface area contributed by atoms with Crippen LogP contribution in [0.25, 0.3) is 22.2 Å². The third kappa shape index (κ3) is 2.17. The minimum Gasteiger partial charge on any atom is -0.464 e. The number of methoxy groups -OCH3 is 1. The fourth-order valence-corrected chi connectivity index (χ4v) is 2.29. The van der Waals surface area contributed by atoms with Gasteiger partial charge >= 0.3 is 5.97 Å². The first-order chi connectivity index (χ1) is 10.5. The molecule has 22 heavy (non-hydrogen) atoms. The number of fused-ring (bicyclic) bond motifs is 1. The SMILES string of the molecule is COC(=O)c1nc(-c2ccc3ccoc3c2)c(F)c(N)c1Cl. The van der Waals surface area contributed by atoms with Crippen LogP contribution in [0.5, 0.6) is 0 Å². The Morgan fingerprint density at radius 3 is 2.91 bits per heavy atom. The molecule has 0 fully saturated rings. The second-order valence-corrected chi connectivity index (χ2v) is 4.89. The number of ether oxygens (including phenoxy) is 1. The first kappa shape index (κ1) is 14.3. The van der Waals surface area contributed by atoms with E-state index in [9.17, 15) is 9.18 Å². The summed E-state index contributed by atoms with van der Waals surface area (Å²) in [5, 5.41) is 0.589. The number of hydrogen-bond acceptors (Lipinski definition) is 5. The number of halogens is 2. The zero-order valence-electron chi connectivity index (χ0n) is 11.4. The summed E-state index contributed by atoms with van der Waals surface area (Å²) in [5.74, 6) is -1.60. The van der Waals surface area contributed by atoms with Crippen LogP contribution in [0.1, 0.15) is 10.5 Å². The maximum Gasteiger partial charge on any atom is 0.358 e. The highest BCUT2D eigenvalue weighted by Gasteiger charge is 2.23.